The van der Waals surface area contributed by atoms with E-state index in [1.165, 1.54) is 0 Å². The summed E-state index contributed by atoms with van der Waals surface area (Å²) < 4.78 is 17.5. The number of ether oxygens (including phenoxy) is 3. The molecular formula is C25H24N2O4. The van der Waals surface area contributed by atoms with Gasteiger partial charge in [0.1, 0.15) is 23.0 Å². The first kappa shape index (κ1) is 19.3. The number of methoxy groups -OCH3 is 2. The largest absolute Gasteiger partial charge is 0.507 e. The zero-order valence-corrected chi connectivity index (χ0v) is 17.7. The highest BCUT2D eigenvalue weighted by molar-refractivity contribution is 6.04. The molecule has 0 saturated heterocycles. The molecule has 5 rings (SSSR count). The molecule has 0 aromatic heterocycles. The zero-order chi connectivity index (χ0) is 21.5. The summed E-state index contributed by atoms with van der Waals surface area (Å²) in [6, 6.07) is 19.3. The Bertz CT molecular complexity index is 1170. The van der Waals surface area contributed by atoms with Crippen LogP contribution in [0.1, 0.15) is 40.9 Å². The smallest absolute Gasteiger partial charge is 0.217 e. The Labute approximate surface area is 181 Å². The Morgan fingerprint density at radius 2 is 1.84 bits per heavy atom. The summed E-state index contributed by atoms with van der Waals surface area (Å²) in [5.74, 6) is 2.47. The molecule has 0 aliphatic carbocycles. The fraction of sp³-hybridized carbons (Fsp3) is 0.240. The summed E-state index contributed by atoms with van der Waals surface area (Å²) in [5.41, 5.74) is 4.57. The zero-order valence-electron chi connectivity index (χ0n) is 17.7. The molecule has 3 aromatic carbocycles. The fourth-order valence-electron chi connectivity index (χ4n) is 4.32. The molecule has 0 radical (unpaired) electrons. The van der Waals surface area contributed by atoms with Gasteiger partial charge in [0.05, 0.1) is 31.5 Å². The van der Waals surface area contributed by atoms with Crippen molar-refractivity contribution in [3.63, 3.8) is 0 Å². The van der Waals surface area contributed by atoms with Crippen molar-refractivity contribution in [2.24, 2.45) is 5.10 Å². The maximum absolute atomic E-state index is 10.5. The molecule has 0 saturated carbocycles. The number of para-hydroxylation sites is 1. The van der Waals surface area contributed by atoms with Gasteiger partial charge in [-0.25, -0.2) is 5.01 Å². The third-order valence-corrected chi connectivity index (χ3v) is 5.86. The molecule has 3 aromatic rings. The van der Waals surface area contributed by atoms with Crippen LogP contribution in [0.4, 0.5) is 0 Å². The van der Waals surface area contributed by atoms with Crippen LogP contribution in [0.2, 0.25) is 0 Å². The molecular weight excluding hydrogens is 392 g/mol. The van der Waals surface area contributed by atoms with Gasteiger partial charge < -0.3 is 19.3 Å². The number of phenols is 1. The summed E-state index contributed by atoms with van der Waals surface area (Å²) in [6.45, 7) is 2.01. The molecule has 6 nitrogen and oxygen atoms in total. The predicted molar refractivity (Wildman–Crippen MR) is 118 cm³/mol. The number of hydrogen-bond acceptors (Lipinski definition) is 6. The second-order valence-electron chi connectivity index (χ2n) is 7.78. The lowest BCUT2D eigenvalue weighted by atomic mass is 9.95. The van der Waals surface area contributed by atoms with Crippen molar-refractivity contribution < 1.29 is 19.3 Å². The van der Waals surface area contributed by atoms with Crippen LogP contribution in [0.15, 0.2) is 65.8 Å². The Morgan fingerprint density at radius 3 is 2.65 bits per heavy atom. The lowest BCUT2D eigenvalue weighted by Gasteiger charge is -2.38. The Balaban J connectivity index is 1.65. The number of aryl methyl sites for hydroxylation is 1. The maximum Gasteiger partial charge on any atom is 0.217 e. The lowest BCUT2D eigenvalue weighted by Crippen LogP contribution is -2.33. The van der Waals surface area contributed by atoms with E-state index in [4.69, 9.17) is 19.3 Å². The minimum Gasteiger partial charge on any atom is -0.507 e. The Morgan fingerprint density at radius 1 is 1.00 bits per heavy atom. The van der Waals surface area contributed by atoms with Gasteiger partial charge in [-0.05, 0) is 43.3 Å². The van der Waals surface area contributed by atoms with Crippen LogP contribution >= 0.6 is 0 Å². The van der Waals surface area contributed by atoms with E-state index in [9.17, 15) is 5.11 Å². The minimum atomic E-state index is -0.491. The quantitative estimate of drug-likeness (QED) is 0.651. The molecule has 0 unspecified atom stereocenters. The summed E-state index contributed by atoms with van der Waals surface area (Å²) >= 11 is 0. The summed E-state index contributed by atoms with van der Waals surface area (Å²) in [4.78, 5) is 0. The molecule has 2 heterocycles. The van der Waals surface area contributed by atoms with Crippen LogP contribution in [0.25, 0.3) is 0 Å². The standard InChI is InChI=1S/C25H24N2O4/c1-15-8-10-22(28)18(12-15)20-14-21-17-6-4-5-7-24(17)31-25(27(21)26-20)19-13-16(29-2)9-11-23(19)30-3/h4-13,21,25,28H,14H2,1-3H3/t21-,25-/m1/s1. The van der Waals surface area contributed by atoms with Crippen LogP contribution < -0.4 is 14.2 Å². The number of nitrogens with zero attached hydrogens (tertiary/aromatic N) is 2. The molecule has 1 N–H and O–H groups in total. The van der Waals surface area contributed by atoms with E-state index in [0.717, 1.165) is 39.5 Å². The van der Waals surface area contributed by atoms with E-state index in [2.05, 4.69) is 6.07 Å². The Hall–Kier alpha value is -3.67. The van der Waals surface area contributed by atoms with E-state index in [1.807, 2.05) is 60.5 Å². The van der Waals surface area contributed by atoms with Gasteiger partial charge in [-0.15, -0.1) is 0 Å². The first-order chi connectivity index (χ1) is 15.1. The van der Waals surface area contributed by atoms with Crippen LogP contribution in [-0.2, 0) is 0 Å². The minimum absolute atomic E-state index is 0.0132. The average molecular weight is 416 g/mol. The van der Waals surface area contributed by atoms with Crippen LogP contribution in [0.3, 0.4) is 0 Å². The fourth-order valence-corrected chi connectivity index (χ4v) is 4.32. The summed E-state index contributed by atoms with van der Waals surface area (Å²) in [5, 5.41) is 17.4. The normalized spacial score (nSPS) is 19.2. The number of hydrazone groups is 1. The number of phenolic OH excluding ortho intramolecular Hbond substituents is 1. The molecule has 2 atom stereocenters. The van der Waals surface area contributed by atoms with E-state index in [-0.39, 0.29) is 11.8 Å². The van der Waals surface area contributed by atoms with Crippen molar-refractivity contribution in [2.75, 3.05) is 14.2 Å². The molecule has 2 aliphatic heterocycles. The van der Waals surface area contributed by atoms with E-state index < -0.39 is 6.23 Å². The molecule has 31 heavy (non-hydrogen) atoms. The predicted octanol–water partition coefficient (Wildman–Crippen LogP) is 4.96. The summed E-state index contributed by atoms with van der Waals surface area (Å²) in [7, 11) is 3.28. The van der Waals surface area contributed by atoms with Crippen molar-refractivity contribution >= 4 is 5.71 Å². The monoisotopic (exact) mass is 416 g/mol. The third-order valence-electron chi connectivity index (χ3n) is 5.86. The van der Waals surface area contributed by atoms with E-state index >= 15 is 0 Å². The number of benzene rings is 3. The molecule has 158 valence electrons. The van der Waals surface area contributed by atoms with Crippen molar-refractivity contribution in [2.45, 2.75) is 25.6 Å². The van der Waals surface area contributed by atoms with Crippen molar-refractivity contribution in [3.05, 3.63) is 82.9 Å². The average Bonchev–Trinajstić information content (AvgIpc) is 3.25. The highest BCUT2D eigenvalue weighted by Gasteiger charge is 2.42. The number of fused-ring (bicyclic) bond motifs is 3. The molecule has 0 bridgehead atoms. The van der Waals surface area contributed by atoms with Crippen molar-refractivity contribution in [3.8, 4) is 23.0 Å². The molecule has 2 aliphatic rings. The SMILES string of the molecule is COc1ccc(OC)c([C@H]2Oc3ccccc3[C@H]3CC(c4cc(C)ccc4O)=NN32)c1. The number of hydrogen-bond donors (Lipinski definition) is 1. The van der Waals surface area contributed by atoms with Crippen LogP contribution in [-0.4, -0.2) is 30.0 Å². The second kappa shape index (κ2) is 7.54. The van der Waals surface area contributed by atoms with Gasteiger partial charge in [-0.3, -0.25) is 0 Å². The van der Waals surface area contributed by atoms with Gasteiger partial charge in [-0.1, -0.05) is 29.8 Å². The lowest BCUT2D eigenvalue weighted by molar-refractivity contribution is -0.0204. The van der Waals surface area contributed by atoms with Gasteiger partial charge in [0.15, 0.2) is 0 Å². The van der Waals surface area contributed by atoms with Crippen molar-refractivity contribution in [1.29, 1.82) is 0 Å². The van der Waals surface area contributed by atoms with Gasteiger partial charge >= 0.3 is 0 Å². The van der Waals surface area contributed by atoms with Crippen LogP contribution in [0.5, 0.6) is 23.0 Å². The topological polar surface area (TPSA) is 63.5 Å². The van der Waals surface area contributed by atoms with Gasteiger partial charge in [0.2, 0.25) is 6.23 Å². The van der Waals surface area contributed by atoms with Gasteiger partial charge in [0.25, 0.3) is 0 Å². The molecule has 0 spiro atoms. The van der Waals surface area contributed by atoms with E-state index in [0.29, 0.717) is 12.2 Å². The number of rotatable bonds is 4. The van der Waals surface area contributed by atoms with Gasteiger partial charge in [-0.2, -0.15) is 5.10 Å². The molecule has 0 amide bonds. The second-order valence-corrected chi connectivity index (χ2v) is 7.78. The molecule has 6 heteroatoms. The van der Waals surface area contributed by atoms with Gasteiger partial charge in [0, 0.05) is 17.5 Å². The van der Waals surface area contributed by atoms with Crippen LogP contribution in [0, 0.1) is 6.92 Å². The molecule has 0 fully saturated rings. The highest BCUT2D eigenvalue weighted by Crippen LogP contribution is 2.49. The Kier molecular flexibility index (Phi) is 4.70. The summed E-state index contributed by atoms with van der Waals surface area (Å²) in [6.07, 6.45) is 0.176. The maximum atomic E-state index is 10.5. The third kappa shape index (κ3) is 3.24. The number of aromatic hydroxyl groups is 1. The first-order valence-electron chi connectivity index (χ1n) is 10.2. The highest BCUT2D eigenvalue weighted by atomic mass is 16.5. The van der Waals surface area contributed by atoms with E-state index in [1.54, 1.807) is 20.3 Å². The first-order valence-corrected chi connectivity index (χ1v) is 10.2. The van der Waals surface area contributed by atoms with Crippen molar-refractivity contribution in [1.82, 2.24) is 5.01 Å².